The molecule has 0 radical (unpaired) electrons. The molecule has 2 atom stereocenters. The summed E-state index contributed by atoms with van der Waals surface area (Å²) in [4.78, 5) is 8.52. The van der Waals surface area contributed by atoms with E-state index in [9.17, 15) is 16.8 Å². The second-order valence-electron chi connectivity index (χ2n) is 6.40. The van der Waals surface area contributed by atoms with Crippen molar-refractivity contribution in [1.29, 1.82) is 0 Å². The molecule has 2 N–H and O–H groups in total. The molecule has 4 aliphatic heterocycles. The molecular weight excluding hydrogens is 452 g/mol. The molecule has 0 aliphatic carbocycles. The molecule has 12 nitrogen and oxygen atoms in total. The smallest absolute Gasteiger partial charge is 0.261 e. The van der Waals surface area contributed by atoms with Crippen molar-refractivity contribution in [3.63, 3.8) is 0 Å². The van der Waals surface area contributed by atoms with Gasteiger partial charge in [-0.05, 0) is 0 Å². The fourth-order valence-electron chi connectivity index (χ4n) is 2.69. The zero-order chi connectivity index (χ0) is 20.9. The highest BCUT2D eigenvalue weighted by Gasteiger charge is 2.35. The Morgan fingerprint density at radius 2 is 1.11 bits per heavy atom. The number of nitrogens with zero attached hydrogens (tertiary/aromatic N) is 6. The van der Waals surface area contributed by atoms with Crippen molar-refractivity contribution in [1.82, 2.24) is 20.0 Å². The first kappa shape index (κ1) is 23.7. The quantitative estimate of drug-likeness (QED) is 0.387. The fourth-order valence-corrected chi connectivity index (χ4v) is 5.57. The van der Waals surface area contributed by atoms with Gasteiger partial charge in [0.05, 0.1) is 12.5 Å². The molecule has 2 fully saturated rings. The van der Waals surface area contributed by atoms with Gasteiger partial charge in [-0.25, -0.2) is 0 Å². The molecular formula is C12H24N6O6S4. The minimum absolute atomic E-state index is 0.709. The highest BCUT2D eigenvalue weighted by Crippen LogP contribution is 2.37. The van der Waals surface area contributed by atoms with Gasteiger partial charge in [-0.1, -0.05) is 21.6 Å². The Kier molecular flexibility index (Phi) is 8.38. The van der Waals surface area contributed by atoms with Crippen LogP contribution >= 0.6 is 21.6 Å². The standard InChI is InChI=1S/C10H16N6S2.2CH4O3S/c1-9(2-14-6-11-5-13(1)14)17-18-10-3-15-7-12-8-16(15)4-10;2*1-5(2,3)4/h5,7,9-10H,1-4,6,8H2;2*1H3,(H,2,3,4). The predicted octanol–water partition coefficient (Wildman–Crippen LogP) is -0.823. The van der Waals surface area contributed by atoms with Gasteiger partial charge in [0.15, 0.2) is 0 Å². The van der Waals surface area contributed by atoms with Crippen molar-refractivity contribution >= 4 is 54.5 Å². The van der Waals surface area contributed by atoms with E-state index < -0.39 is 20.2 Å². The SMILES string of the molecule is C1=NCN2CC(SSC3CN4C=NCN4C3)CN12.CS(=O)(=O)O.CS(=O)(=O)O. The number of fused-ring (bicyclic) bond motifs is 2. The summed E-state index contributed by atoms with van der Waals surface area (Å²) < 4.78 is 51.7. The molecule has 28 heavy (non-hydrogen) atoms. The minimum atomic E-state index is -3.67. The molecule has 0 amide bonds. The summed E-state index contributed by atoms with van der Waals surface area (Å²) in [5.41, 5.74) is 0. The maximum absolute atomic E-state index is 9.19. The lowest BCUT2D eigenvalue weighted by atomic mass is 10.4. The van der Waals surface area contributed by atoms with Gasteiger partial charge in [-0.2, -0.15) is 26.9 Å². The maximum atomic E-state index is 9.19. The van der Waals surface area contributed by atoms with Crippen LogP contribution in [0.4, 0.5) is 0 Å². The summed E-state index contributed by atoms with van der Waals surface area (Å²) in [6.07, 6.45) is 5.37. The molecule has 0 spiro atoms. The molecule has 2 unspecified atom stereocenters. The maximum Gasteiger partial charge on any atom is 0.261 e. The summed E-state index contributed by atoms with van der Waals surface area (Å²) in [5.74, 6) is 0. The fraction of sp³-hybridized carbons (Fsp3) is 0.833. The van der Waals surface area contributed by atoms with E-state index in [0.717, 1.165) is 39.5 Å². The average Bonchev–Trinajstić information content (AvgIpc) is 3.21. The molecule has 162 valence electrons. The molecule has 4 rings (SSSR count). The second kappa shape index (κ2) is 9.92. The Labute approximate surface area is 172 Å². The van der Waals surface area contributed by atoms with E-state index in [2.05, 4.69) is 51.6 Å². The molecule has 2 saturated heterocycles. The van der Waals surface area contributed by atoms with Gasteiger partial charge >= 0.3 is 0 Å². The molecule has 4 heterocycles. The van der Waals surface area contributed by atoms with Crippen LogP contribution in [0.2, 0.25) is 0 Å². The van der Waals surface area contributed by atoms with Crippen LogP contribution in [0.5, 0.6) is 0 Å². The Hall–Kier alpha value is -0.620. The summed E-state index contributed by atoms with van der Waals surface area (Å²) in [7, 11) is -3.23. The van der Waals surface area contributed by atoms with Crippen LogP contribution in [-0.2, 0) is 20.2 Å². The molecule has 0 bridgehead atoms. The van der Waals surface area contributed by atoms with E-state index in [-0.39, 0.29) is 0 Å². The zero-order valence-electron chi connectivity index (χ0n) is 15.4. The van der Waals surface area contributed by atoms with Crippen molar-refractivity contribution < 1.29 is 25.9 Å². The summed E-state index contributed by atoms with van der Waals surface area (Å²) >= 11 is 0. The van der Waals surface area contributed by atoms with Crippen molar-refractivity contribution in [3.05, 3.63) is 0 Å². The van der Waals surface area contributed by atoms with Gasteiger partial charge in [-0.3, -0.25) is 29.1 Å². The van der Waals surface area contributed by atoms with Crippen molar-refractivity contribution in [3.8, 4) is 0 Å². The van der Waals surface area contributed by atoms with Crippen LogP contribution in [0.1, 0.15) is 0 Å². The highest BCUT2D eigenvalue weighted by molar-refractivity contribution is 8.77. The zero-order valence-corrected chi connectivity index (χ0v) is 18.7. The van der Waals surface area contributed by atoms with E-state index in [0.29, 0.717) is 23.0 Å². The largest absolute Gasteiger partial charge is 0.293 e. The lowest BCUT2D eigenvalue weighted by Crippen LogP contribution is -2.29. The monoisotopic (exact) mass is 476 g/mol. The number of rotatable bonds is 3. The van der Waals surface area contributed by atoms with Crippen molar-refractivity contribution in [2.24, 2.45) is 9.98 Å². The molecule has 0 aromatic carbocycles. The second-order valence-corrected chi connectivity index (χ2v) is 12.2. The Morgan fingerprint density at radius 3 is 1.39 bits per heavy atom. The third kappa shape index (κ3) is 9.25. The van der Waals surface area contributed by atoms with Gasteiger partial charge < -0.3 is 0 Å². The van der Waals surface area contributed by atoms with Gasteiger partial charge in [0.25, 0.3) is 20.2 Å². The third-order valence-corrected chi connectivity index (χ3v) is 6.80. The van der Waals surface area contributed by atoms with Gasteiger partial charge in [0, 0.05) is 36.7 Å². The van der Waals surface area contributed by atoms with Gasteiger partial charge in [0.2, 0.25) is 0 Å². The highest BCUT2D eigenvalue weighted by atomic mass is 33.1. The van der Waals surface area contributed by atoms with Gasteiger partial charge in [0.1, 0.15) is 26.0 Å². The first-order valence-electron chi connectivity index (χ1n) is 8.08. The average molecular weight is 477 g/mol. The Bertz CT molecular complexity index is 708. The molecule has 0 aromatic rings. The summed E-state index contributed by atoms with van der Waals surface area (Å²) in [6, 6.07) is 0. The van der Waals surface area contributed by atoms with Crippen LogP contribution in [0.3, 0.4) is 0 Å². The van der Waals surface area contributed by atoms with Crippen molar-refractivity contribution in [2.45, 2.75) is 10.5 Å². The van der Waals surface area contributed by atoms with E-state index >= 15 is 0 Å². The van der Waals surface area contributed by atoms with Crippen LogP contribution in [-0.4, -0.2) is 121 Å². The minimum Gasteiger partial charge on any atom is -0.293 e. The number of hydrazine groups is 2. The van der Waals surface area contributed by atoms with Crippen LogP contribution < -0.4 is 0 Å². The van der Waals surface area contributed by atoms with Crippen LogP contribution in [0, 0.1) is 0 Å². The predicted molar refractivity (Wildman–Crippen MR) is 111 cm³/mol. The summed E-state index contributed by atoms with van der Waals surface area (Å²) in [5, 5.41) is 10.6. The molecule has 16 heteroatoms. The number of hydrogen-bond acceptors (Lipinski definition) is 12. The van der Waals surface area contributed by atoms with E-state index in [4.69, 9.17) is 9.11 Å². The van der Waals surface area contributed by atoms with Crippen LogP contribution in [0.25, 0.3) is 0 Å². The Morgan fingerprint density at radius 1 is 0.786 bits per heavy atom. The lowest BCUT2D eigenvalue weighted by Gasteiger charge is -2.15. The van der Waals surface area contributed by atoms with Gasteiger partial charge in [-0.15, -0.1) is 0 Å². The molecule has 4 aliphatic rings. The van der Waals surface area contributed by atoms with Crippen LogP contribution in [0.15, 0.2) is 9.98 Å². The summed E-state index contributed by atoms with van der Waals surface area (Å²) in [6.45, 7) is 6.20. The number of hydrogen-bond donors (Lipinski definition) is 2. The first-order chi connectivity index (χ1) is 12.9. The normalized spacial score (nSPS) is 26.6. The van der Waals surface area contributed by atoms with E-state index in [1.807, 2.05) is 12.7 Å². The van der Waals surface area contributed by atoms with Crippen molar-refractivity contribution in [2.75, 3.05) is 52.0 Å². The molecule has 0 aromatic heterocycles. The topological polar surface area (TPSA) is 146 Å². The molecule has 0 saturated carbocycles. The van der Waals surface area contributed by atoms with E-state index in [1.165, 1.54) is 0 Å². The third-order valence-electron chi connectivity index (χ3n) is 3.58. The Balaban J connectivity index is 0.000000237. The lowest BCUT2D eigenvalue weighted by molar-refractivity contribution is 0.139. The first-order valence-corrected chi connectivity index (χ1v) is 14.1. The van der Waals surface area contributed by atoms with E-state index in [1.54, 1.807) is 0 Å². The number of aliphatic imine (C=N–C) groups is 2.